The van der Waals surface area contributed by atoms with Gasteiger partial charge in [0.2, 0.25) is 0 Å². The van der Waals surface area contributed by atoms with E-state index < -0.39 is 0 Å². The van der Waals surface area contributed by atoms with E-state index in [-0.39, 0.29) is 5.82 Å². The Labute approximate surface area is 124 Å². The Balaban J connectivity index is 1.88. The van der Waals surface area contributed by atoms with Gasteiger partial charge in [-0.15, -0.1) is 0 Å². The lowest BCUT2D eigenvalue weighted by molar-refractivity contribution is -0.107. The van der Waals surface area contributed by atoms with Crippen molar-refractivity contribution in [1.29, 1.82) is 0 Å². The molecule has 0 heterocycles. The Morgan fingerprint density at radius 1 is 1.05 bits per heavy atom. The van der Waals surface area contributed by atoms with Crippen LogP contribution < -0.4 is 4.74 Å². The fourth-order valence-electron chi connectivity index (χ4n) is 2.10. The summed E-state index contributed by atoms with van der Waals surface area (Å²) in [6.45, 7) is 0.430. The SMILES string of the molecule is O=CCCCCc1ccc(OCc2ccccc2)cc1F. The molecule has 0 atom stereocenters. The summed E-state index contributed by atoms with van der Waals surface area (Å²) in [5, 5.41) is 0. The van der Waals surface area contributed by atoms with Crippen LogP contribution in [0, 0.1) is 5.82 Å². The zero-order chi connectivity index (χ0) is 14.9. The van der Waals surface area contributed by atoms with Gasteiger partial charge in [-0.1, -0.05) is 36.4 Å². The second-order valence-electron chi connectivity index (χ2n) is 4.94. The van der Waals surface area contributed by atoms with Crippen molar-refractivity contribution >= 4 is 6.29 Å². The molecule has 0 aliphatic carbocycles. The predicted molar refractivity (Wildman–Crippen MR) is 80.8 cm³/mol. The van der Waals surface area contributed by atoms with Crippen molar-refractivity contribution in [1.82, 2.24) is 0 Å². The first-order valence-corrected chi connectivity index (χ1v) is 7.18. The molecular formula is C18H19FO2. The zero-order valence-electron chi connectivity index (χ0n) is 11.9. The average molecular weight is 286 g/mol. The summed E-state index contributed by atoms with van der Waals surface area (Å²) in [5.41, 5.74) is 1.73. The normalized spacial score (nSPS) is 10.3. The number of benzene rings is 2. The van der Waals surface area contributed by atoms with E-state index >= 15 is 0 Å². The Morgan fingerprint density at radius 2 is 1.86 bits per heavy atom. The van der Waals surface area contributed by atoms with Gasteiger partial charge in [-0.2, -0.15) is 0 Å². The molecule has 0 aromatic heterocycles. The van der Waals surface area contributed by atoms with E-state index in [1.165, 1.54) is 6.07 Å². The van der Waals surface area contributed by atoms with Crippen LogP contribution in [-0.2, 0) is 17.8 Å². The number of hydrogen-bond acceptors (Lipinski definition) is 2. The number of halogens is 1. The zero-order valence-corrected chi connectivity index (χ0v) is 11.9. The van der Waals surface area contributed by atoms with Crippen LogP contribution in [0.5, 0.6) is 5.75 Å². The Bertz CT molecular complexity index is 567. The van der Waals surface area contributed by atoms with Crippen LogP contribution in [-0.4, -0.2) is 6.29 Å². The van der Waals surface area contributed by atoms with Crippen LogP contribution in [0.2, 0.25) is 0 Å². The van der Waals surface area contributed by atoms with Gasteiger partial charge < -0.3 is 9.53 Å². The molecule has 0 saturated carbocycles. The van der Waals surface area contributed by atoms with Gasteiger partial charge in [0.15, 0.2) is 0 Å². The second kappa shape index (κ2) is 8.20. The highest BCUT2D eigenvalue weighted by Crippen LogP contribution is 2.19. The molecule has 2 aromatic rings. The number of aldehydes is 1. The second-order valence-corrected chi connectivity index (χ2v) is 4.94. The van der Waals surface area contributed by atoms with Crippen molar-refractivity contribution in [2.45, 2.75) is 32.3 Å². The largest absolute Gasteiger partial charge is 0.489 e. The molecule has 0 aliphatic heterocycles. The van der Waals surface area contributed by atoms with Crippen molar-refractivity contribution in [3.63, 3.8) is 0 Å². The molecule has 21 heavy (non-hydrogen) atoms. The van der Waals surface area contributed by atoms with Gasteiger partial charge in [0, 0.05) is 12.5 Å². The number of rotatable bonds is 8. The first-order chi connectivity index (χ1) is 10.3. The number of hydrogen-bond donors (Lipinski definition) is 0. The summed E-state index contributed by atoms with van der Waals surface area (Å²) in [5.74, 6) is 0.291. The van der Waals surface area contributed by atoms with Gasteiger partial charge in [-0.3, -0.25) is 0 Å². The smallest absolute Gasteiger partial charge is 0.130 e. The lowest BCUT2D eigenvalue weighted by atomic mass is 10.1. The van der Waals surface area contributed by atoms with Gasteiger partial charge in [0.25, 0.3) is 0 Å². The molecule has 0 saturated heterocycles. The summed E-state index contributed by atoms with van der Waals surface area (Å²) in [6.07, 6.45) is 3.71. The van der Waals surface area contributed by atoms with Crippen LogP contribution in [0.1, 0.15) is 30.4 Å². The maximum absolute atomic E-state index is 13.9. The van der Waals surface area contributed by atoms with Crippen LogP contribution >= 0.6 is 0 Å². The molecular weight excluding hydrogens is 267 g/mol. The molecule has 110 valence electrons. The molecule has 2 aromatic carbocycles. The van der Waals surface area contributed by atoms with Gasteiger partial charge in [-0.25, -0.2) is 4.39 Å². The summed E-state index contributed by atoms with van der Waals surface area (Å²) in [4.78, 5) is 10.2. The van der Waals surface area contributed by atoms with Crippen LogP contribution in [0.4, 0.5) is 4.39 Å². The topological polar surface area (TPSA) is 26.3 Å². The van der Waals surface area contributed by atoms with Crippen molar-refractivity contribution in [2.75, 3.05) is 0 Å². The van der Waals surface area contributed by atoms with Crippen molar-refractivity contribution in [2.24, 2.45) is 0 Å². The molecule has 3 heteroatoms. The van der Waals surface area contributed by atoms with E-state index in [2.05, 4.69) is 0 Å². The molecule has 0 bridgehead atoms. The van der Waals surface area contributed by atoms with E-state index in [4.69, 9.17) is 4.74 Å². The quantitative estimate of drug-likeness (QED) is 0.533. The average Bonchev–Trinajstić information content (AvgIpc) is 2.52. The fourth-order valence-corrected chi connectivity index (χ4v) is 2.10. The highest BCUT2D eigenvalue weighted by Gasteiger charge is 2.04. The van der Waals surface area contributed by atoms with E-state index in [0.29, 0.717) is 30.8 Å². The molecule has 2 nitrogen and oxygen atoms in total. The van der Waals surface area contributed by atoms with E-state index in [1.54, 1.807) is 12.1 Å². The third-order valence-electron chi connectivity index (χ3n) is 3.29. The predicted octanol–water partition coefficient (Wildman–Crippen LogP) is 4.32. The Kier molecular flexibility index (Phi) is 5.95. The van der Waals surface area contributed by atoms with Crippen LogP contribution in [0.25, 0.3) is 0 Å². The van der Waals surface area contributed by atoms with E-state index in [9.17, 15) is 9.18 Å². The third kappa shape index (κ3) is 5.03. The molecule has 0 radical (unpaired) electrons. The van der Waals surface area contributed by atoms with Crippen LogP contribution in [0.3, 0.4) is 0 Å². The number of unbranched alkanes of at least 4 members (excludes halogenated alkanes) is 2. The van der Waals surface area contributed by atoms with Crippen molar-refractivity contribution in [3.8, 4) is 5.75 Å². The summed E-state index contributed by atoms with van der Waals surface area (Å²) >= 11 is 0. The van der Waals surface area contributed by atoms with Crippen LogP contribution in [0.15, 0.2) is 48.5 Å². The molecule has 0 aliphatic rings. The molecule has 0 fully saturated rings. The van der Waals surface area contributed by atoms with Crippen molar-refractivity contribution in [3.05, 3.63) is 65.5 Å². The van der Waals surface area contributed by atoms with Gasteiger partial charge in [0.05, 0.1) is 0 Å². The number of aryl methyl sites for hydroxylation is 1. The number of ether oxygens (including phenoxy) is 1. The van der Waals surface area contributed by atoms with E-state index in [0.717, 1.165) is 24.7 Å². The minimum absolute atomic E-state index is 0.244. The van der Waals surface area contributed by atoms with Gasteiger partial charge >= 0.3 is 0 Å². The molecule has 2 rings (SSSR count). The summed E-state index contributed by atoms with van der Waals surface area (Å²) in [6, 6.07) is 14.8. The maximum Gasteiger partial charge on any atom is 0.130 e. The molecule has 0 amide bonds. The van der Waals surface area contributed by atoms with E-state index in [1.807, 2.05) is 30.3 Å². The Morgan fingerprint density at radius 3 is 2.57 bits per heavy atom. The first-order valence-electron chi connectivity index (χ1n) is 7.18. The highest BCUT2D eigenvalue weighted by atomic mass is 19.1. The minimum Gasteiger partial charge on any atom is -0.489 e. The van der Waals surface area contributed by atoms with Crippen molar-refractivity contribution < 1.29 is 13.9 Å². The Hall–Kier alpha value is -2.16. The number of carbonyl (C=O) groups is 1. The lowest BCUT2D eigenvalue weighted by Gasteiger charge is -2.08. The molecule has 0 N–H and O–H groups in total. The first kappa shape index (κ1) is 15.2. The number of carbonyl (C=O) groups excluding carboxylic acids is 1. The summed E-state index contributed by atoms with van der Waals surface area (Å²) in [7, 11) is 0. The summed E-state index contributed by atoms with van der Waals surface area (Å²) < 4.78 is 19.5. The third-order valence-corrected chi connectivity index (χ3v) is 3.29. The lowest BCUT2D eigenvalue weighted by Crippen LogP contribution is -1.97. The van der Waals surface area contributed by atoms with Gasteiger partial charge in [0.1, 0.15) is 24.5 Å². The monoisotopic (exact) mass is 286 g/mol. The fraction of sp³-hybridized carbons (Fsp3) is 0.278. The standard InChI is InChI=1S/C18H19FO2/c19-18-13-17(21-14-15-7-3-1-4-8-15)11-10-16(18)9-5-2-6-12-20/h1,3-4,7-8,10-13H,2,5-6,9,14H2. The van der Waals surface area contributed by atoms with Gasteiger partial charge in [-0.05, 0) is 36.5 Å². The molecule has 0 unspecified atom stereocenters. The highest BCUT2D eigenvalue weighted by molar-refractivity contribution is 5.48. The molecule has 0 spiro atoms. The minimum atomic E-state index is -0.244. The maximum atomic E-state index is 13.9.